The molecule has 0 atom stereocenters. The molecule has 6 heteroatoms. The molecular weight excluding hydrogens is 336 g/mol. The van der Waals surface area contributed by atoms with Gasteiger partial charge in [0.05, 0.1) is 19.0 Å². The Morgan fingerprint density at radius 1 is 0.500 bits per heavy atom. The van der Waals surface area contributed by atoms with Crippen LogP contribution in [0.25, 0.3) is 0 Å². The molecule has 146 valence electrons. The van der Waals surface area contributed by atoms with Crippen LogP contribution >= 0.6 is 0 Å². The Balaban J connectivity index is 3.38. The third-order valence-corrected chi connectivity index (χ3v) is 7.74. The van der Waals surface area contributed by atoms with Gasteiger partial charge in [-0.2, -0.15) is 0 Å². The van der Waals surface area contributed by atoms with Crippen LogP contribution in [0.3, 0.4) is 0 Å². The predicted octanol–water partition coefficient (Wildman–Crippen LogP) is 3.21. The largest absolute Gasteiger partial charge is 0.357 e. The third-order valence-electron chi connectivity index (χ3n) is 4.04. The van der Waals surface area contributed by atoms with E-state index in [4.69, 9.17) is 18.9 Å². The van der Waals surface area contributed by atoms with E-state index in [9.17, 15) is 0 Å². The molecule has 0 heterocycles. The summed E-state index contributed by atoms with van der Waals surface area (Å²) in [4.78, 5) is 0. The molecule has 0 saturated carbocycles. The highest BCUT2D eigenvalue weighted by atomic mass is 28.2. The van der Waals surface area contributed by atoms with E-state index in [1.54, 1.807) is 0 Å². The minimum atomic E-state index is -0.230. The van der Waals surface area contributed by atoms with Crippen molar-refractivity contribution in [2.24, 2.45) is 0 Å². The summed E-state index contributed by atoms with van der Waals surface area (Å²) in [7, 11) is -0.461. The molecule has 0 aliphatic heterocycles. The van der Waals surface area contributed by atoms with Crippen LogP contribution < -0.4 is 0 Å². The standard InChI is InChI=1S/C18H42O4Si2/c1-5-19-17(20-6-2)23-15-13-11-9-10-12-14-16-24-18(21-7-3)22-8-4/h17-18H,5-16,23-24H2,1-4H3. The second kappa shape index (κ2) is 19.6. The molecule has 0 amide bonds. The summed E-state index contributed by atoms with van der Waals surface area (Å²) in [5, 5.41) is 0. The molecule has 0 aromatic heterocycles. The van der Waals surface area contributed by atoms with Crippen LogP contribution in [0.5, 0.6) is 0 Å². The number of unbranched alkanes of at least 4 members (excludes halogenated alkanes) is 5. The van der Waals surface area contributed by atoms with Crippen molar-refractivity contribution < 1.29 is 18.9 Å². The minimum Gasteiger partial charge on any atom is -0.357 e. The van der Waals surface area contributed by atoms with Crippen LogP contribution in [-0.2, 0) is 18.9 Å². The molecular formula is C18H42O4Si2. The maximum Gasteiger partial charge on any atom is 0.134 e. The predicted molar refractivity (Wildman–Crippen MR) is 108 cm³/mol. The summed E-state index contributed by atoms with van der Waals surface area (Å²) < 4.78 is 22.5. The minimum absolute atomic E-state index is 0.147. The number of rotatable bonds is 19. The Hall–Kier alpha value is 0.274. The van der Waals surface area contributed by atoms with Crippen molar-refractivity contribution in [3.8, 4) is 0 Å². The van der Waals surface area contributed by atoms with E-state index in [1.165, 1.54) is 50.6 Å². The Bertz CT molecular complexity index is 209. The van der Waals surface area contributed by atoms with Crippen LogP contribution in [0.2, 0.25) is 12.1 Å². The van der Waals surface area contributed by atoms with Gasteiger partial charge in [-0.1, -0.05) is 50.6 Å². The van der Waals surface area contributed by atoms with Crippen molar-refractivity contribution in [1.82, 2.24) is 0 Å². The molecule has 0 bridgehead atoms. The molecule has 0 spiro atoms. The molecule has 0 fully saturated rings. The van der Waals surface area contributed by atoms with Gasteiger partial charge in [0.2, 0.25) is 0 Å². The van der Waals surface area contributed by atoms with E-state index >= 15 is 0 Å². The smallest absolute Gasteiger partial charge is 0.134 e. The molecule has 24 heavy (non-hydrogen) atoms. The van der Waals surface area contributed by atoms with Crippen molar-refractivity contribution >= 4 is 19.0 Å². The topological polar surface area (TPSA) is 36.9 Å². The van der Waals surface area contributed by atoms with Gasteiger partial charge in [0.25, 0.3) is 0 Å². The SMILES string of the molecule is CCOC(OCC)[SiH2]CCCCCCCC[SiH2]C(OCC)OCC. The van der Waals surface area contributed by atoms with Gasteiger partial charge in [-0.25, -0.2) is 0 Å². The zero-order valence-electron chi connectivity index (χ0n) is 16.7. The van der Waals surface area contributed by atoms with Crippen molar-refractivity contribution in [2.45, 2.75) is 90.1 Å². The van der Waals surface area contributed by atoms with Crippen LogP contribution in [0.1, 0.15) is 66.2 Å². The Labute approximate surface area is 155 Å². The fourth-order valence-electron chi connectivity index (χ4n) is 2.86. The molecule has 0 N–H and O–H groups in total. The second-order valence-electron chi connectivity index (χ2n) is 6.09. The van der Waals surface area contributed by atoms with Crippen molar-refractivity contribution in [2.75, 3.05) is 26.4 Å². The summed E-state index contributed by atoms with van der Waals surface area (Å²) in [5.74, 6) is 0.294. The van der Waals surface area contributed by atoms with Crippen LogP contribution in [0.15, 0.2) is 0 Å². The maximum absolute atomic E-state index is 5.63. The van der Waals surface area contributed by atoms with Crippen LogP contribution in [-0.4, -0.2) is 57.3 Å². The maximum atomic E-state index is 5.63. The molecule has 4 nitrogen and oxygen atoms in total. The molecule has 0 aromatic rings. The number of hydrogen-bond donors (Lipinski definition) is 0. The normalized spacial score (nSPS) is 12.8. The molecule has 0 aliphatic rings. The van der Waals surface area contributed by atoms with Gasteiger partial charge in [0, 0.05) is 26.4 Å². The first-order valence-corrected chi connectivity index (χ1v) is 13.9. The summed E-state index contributed by atoms with van der Waals surface area (Å²) in [5.41, 5.74) is 0. The monoisotopic (exact) mass is 378 g/mol. The molecule has 0 radical (unpaired) electrons. The van der Waals surface area contributed by atoms with Gasteiger partial charge < -0.3 is 18.9 Å². The molecule has 0 unspecified atom stereocenters. The lowest BCUT2D eigenvalue weighted by Gasteiger charge is -2.16. The highest BCUT2D eigenvalue weighted by molar-refractivity contribution is 6.36. The lowest BCUT2D eigenvalue weighted by Crippen LogP contribution is -2.24. The fraction of sp³-hybridized carbons (Fsp3) is 1.00. The van der Waals surface area contributed by atoms with Gasteiger partial charge in [0.15, 0.2) is 0 Å². The highest BCUT2D eigenvalue weighted by Crippen LogP contribution is 2.10. The van der Waals surface area contributed by atoms with Crippen LogP contribution in [0, 0.1) is 0 Å². The summed E-state index contributed by atoms with van der Waals surface area (Å²) >= 11 is 0. The van der Waals surface area contributed by atoms with Crippen molar-refractivity contribution in [3.05, 3.63) is 0 Å². The molecule has 0 aromatic carbocycles. The zero-order valence-corrected chi connectivity index (χ0v) is 19.5. The lowest BCUT2D eigenvalue weighted by atomic mass is 10.1. The fourth-order valence-corrected chi connectivity index (χ4v) is 6.42. The average Bonchev–Trinajstić information content (AvgIpc) is 2.57. The van der Waals surface area contributed by atoms with Gasteiger partial charge in [-0.15, -0.1) is 0 Å². The zero-order chi connectivity index (χ0) is 17.9. The van der Waals surface area contributed by atoms with Crippen LogP contribution in [0.4, 0.5) is 0 Å². The van der Waals surface area contributed by atoms with E-state index in [0.717, 1.165) is 26.4 Å². The quantitative estimate of drug-likeness (QED) is 0.196. The van der Waals surface area contributed by atoms with Gasteiger partial charge >= 0.3 is 0 Å². The summed E-state index contributed by atoms with van der Waals surface area (Å²) in [6.07, 6.45) is 8.21. The average molecular weight is 379 g/mol. The van der Waals surface area contributed by atoms with E-state index in [1.807, 2.05) is 27.7 Å². The first-order valence-electron chi connectivity index (χ1n) is 10.2. The number of ether oxygens (including phenoxy) is 4. The molecule has 0 aliphatic carbocycles. The van der Waals surface area contributed by atoms with E-state index in [0.29, 0.717) is 0 Å². The van der Waals surface area contributed by atoms with Gasteiger partial charge in [0.1, 0.15) is 11.8 Å². The van der Waals surface area contributed by atoms with E-state index in [-0.39, 0.29) is 30.9 Å². The Morgan fingerprint density at radius 3 is 1.08 bits per heavy atom. The van der Waals surface area contributed by atoms with E-state index in [2.05, 4.69) is 0 Å². The summed E-state index contributed by atoms with van der Waals surface area (Å²) in [6.45, 7) is 11.3. The van der Waals surface area contributed by atoms with Gasteiger partial charge in [-0.3, -0.25) is 0 Å². The first-order chi connectivity index (χ1) is 11.8. The first kappa shape index (κ1) is 24.3. The molecule has 0 saturated heterocycles. The van der Waals surface area contributed by atoms with Crippen molar-refractivity contribution in [3.63, 3.8) is 0 Å². The van der Waals surface area contributed by atoms with E-state index < -0.39 is 0 Å². The molecule has 0 rings (SSSR count). The Kier molecular flexibility index (Phi) is 19.8. The van der Waals surface area contributed by atoms with Gasteiger partial charge in [-0.05, 0) is 27.7 Å². The second-order valence-corrected chi connectivity index (χ2v) is 9.99. The lowest BCUT2D eigenvalue weighted by molar-refractivity contribution is -0.0830. The third kappa shape index (κ3) is 15.8. The highest BCUT2D eigenvalue weighted by Gasteiger charge is 2.08. The number of hydrogen-bond acceptors (Lipinski definition) is 4. The van der Waals surface area contributed by atoms with Crippen molar-refractivity contribution in [1.29, 1.82) is 0 Å². The summed E-state index contributed by atoms with van der Waals surface area (Å²) in [6, 6.07) is 2.70. The Morgan fingerprint density at radius 2 is 0.792 bits per heavy atom.